The van der Waals surface area contributed by atoms with Crippen LogP contribution in [0.2, 0.25) is 5.02 Å². The van der Waals surface area contributed by atoms with Gasteiger partial charge >= 0.3 is 0 Å². The first-order chi connectivity index (χ1) is 17.4. The first-order valence-corrected chi connectivity index (χ1v) is 12.6. The van der Waals surface area contributed by atoms with Gasteiger partial charge in [-0.05, 0) is 69.3 Å². The smallest absolute Gasteiger partial charge is 0.255 e. The molecule has 0 bridgehead atoms. The summed E-state index contributed by atoms with van der Waals surface area (Å²) in [5, 5.41) is 3.33. The van der Waals surface area contributed by atoms with Crippen molar-refractivity contribution in [3.05, 3.63) is 94.8 Å². The highest BCUT2D eigenvalue weighted by Crippen LogP contribution is 2.14. The number of hydrogen-bond donors (Lipinski definition) is 1. The van der Waals surface area contributed by atoms with Crippen LogP contribution in [0.25, 0.3) is 0 Å². The van der Waals surface area contributed by atoms with Crippen LogP contribution >= 0.6 is 11.6 Å². The fourth-order valence-corrected chi connectivity index (χ4v) is 2.81. The Morgan fingerprint density at radius 2 is 1.44 bits per heavy atom. The second-order valence-corrected chi connectivity index (χ2v) is 8.00. The maximum atomic E-state index is 12.5. The lowest BCUT2D eigenvalue weighted by molar-refractivity contribution is -0.123. The van der Waals surface area contributed by atoms with Gasteiger partial charge in [-0.2, -0.15) is 0 Å². The Kier molecular flexibility index (Phi) is 15.7. The molecule has 0 spiro atoms. The minimum absolute atomic E-state index is 0.0370. The van der Waals surface area contributed by atoms with Crippen LogP contribution in [0, 0.1) is 0 Å². The number of amides is 1. The Hall–Kier alpha value is -3.06. The molecule has 0 aliphatic heterocycles. The predicted molar refractivity (Wildman–Crippen MR) is 147 cm³/mol. The summed E-state index contributed by atoms with van der Waals surface area (Å²) < 4.78 is 10.1. The zero-order valence-electron chi connectivity index (χ0n) is 21.8. The van der Waals surface area contributed by atoms with Gasteiger partial charge in [0.05, 0.1) is 0 Å². The number of halogens is 1. The minimum Gasteiger partial charge on any atom is -0.353 e. The third kappa shape index (κ3) is 12.1. The van der Waals surface area contributed by atoms with Gasteiger partial charge in [-0.25, -0.2) is 0 Å². The van der Waals surface area contributed by atoms with Crippen molar-refractivity contribution in [3.8, 4) is 0 Å². The molecule has 3 aromatic rings. The van der Waals surface area contributed by atoms with Crippen LogP contribution < -0.4 is 5.32 Å². The van der Waals surface area contributed by atoms with Crippen LogP contribution in [-0.4, -0.2) is 36.2 Å². The number of carbonyl (C=O) groups excluding carboxylic acids is 2. The fraction of sp³-hybridized carbons (Fsp3) is 0.345. The molecule has 0 radical (unpaired) electrons. The maximum Gasteiger partial charge on any atom is 0.255 e. The lowest BCUT2D eigenvalue weighted by atomic mass is 10.1. The average molecular weight is 513 g/mol. The Morgan fingerprint density at radius 3 is 1.97 bits per heavy atom. The van der Waals surface area contributed by atoms with Crippen molar-refractivity contribution in [2.75, 3.05) is 18.5 Å². The summed E-state index contributed by atoms with van der Waals surface area (Å²) in [5.41, 5.74) is 1.72. The number of pyridine rings is 1. The molecule has 2 aromatic carbocycles. The Morgan fingerprint density at radius 1 is 0.861 bits per heavy atom. The molecule has 0 fully saturated rings. The van der Waals surface area contributed by atoms with E-state index in [1.165, 1.54) is 25.1 Å². The average Bonchev–Trinajstić information content (AvgIpc) is 2.90. The van der Waals surface area contributed by atoms with E-state index in [4.69, 9.17) is 21.1 Å². The first-order valence-electron chi connectivity index (χ1n) is 12.2. The third-order valence-electron chi connectivity index (χ3n) is 4.70. The quantitative estimate of drug-likeness (QED) is 0.238. The van der Waals surface area contributed by atoms with Crippen LogP contribution in [0.4, 0.5) is 5.69 Å². The highest BCUT2D eigenvalue weighted by molar-refractivity contribution is 6.30. The maximum absolute atomic E-state index is 12.5. The van der Waals surface area contributed by atoms with Crippen LogP contribution in [0.15, 0.2) is 72.9 Å². The molecule has 194 valence electrons. The van der Waals surface area contributed by atoms with E-state index < -0.39 is 0 Å². The Balaban J connectivity index is 0.000000452. The topological polar surface area (TPSA) is 77.5 Å². The predicted octanol–water partition coefficient (Wildman–Crippen LogP) is 7.43. The van der Waals surface area contributed by atoms with Gasteiger partial charge in [0.25, 0.3) is 5.91 Å². The van der Waals surface area contributed by atoms with Crippen molar-refractivity contribution < 1.29 is 19.1 Å². The van der Waals surface area contributed by atoms with Crippen LogP contribution in [0.5, 0.6) is 0 Å². The van der Waals surface area contributed by atoms with E-state index in [2.05, 4.69) is 24.1 Å². The Bertz CT molecular complexity index is 1020. The molecular formula is C29H37ClN2O4. The van der Waals surface area contributed by atoms with Gasteiger partial charge < -0.3 is 14.8 Å². The summed E-state index contributed by atoms with van der Waals surface area (Å²) in [6.07, 6.45) is 4.05. The number of unbranched alkanes of at least 4 members (excludes halogenated alkanes) is 1. The van der Waals surface area contributed by atoms with E-state index in [0.29, 0.717) is 21.8 Å². The van der Waals surface area contributed by atoms with Gasteiger partial charge in [-0.3, -0.25) is 14.6 Å². The summed E-state index contributed by atoms with van der Waals surface area (Å²) in [5.74, 6) is -0.560. The minimum atomic E-state index is -0.297. The number of ether oxygens (including phenoxy) is 2. The van der Waals surface area contributed by atoms with Crippen LogP contribution in [-0.2, 0) is 9.47 Å². The summed E-state index contributed by atoms with van der Waals surface area (Å²) in [4.78, 5) is 28.8. The summed E-state index contributed by atoms with van der Waals surface area (Å²) >= 11 is 5.83. The molecule has 0 aliphatic rings. The number of rotatable bonds is 9. The lowest BCUT2D eigenvalue weighted by Gasteiger charge is -2.09. The molecule has 36 heavy (non-hydrogen) atoms. The van der Waals surface area contributed by atoms with E-state index in [0.717, 1.165) is 13.2 Å². The van der Waals surface area contributed by atoms with Crippen LogP contribution in [0.3, 0.4) is 0 Å². The van der Waals surface area contributed by atoms with E-state index in [-0.39, 0.29) is 23.7 Å². The number of carbonyl (C=O) groups is 2. The number of nitrogens with zero attached hydrogens (tertiary/aromatic N) is 1. The highest BCUT2D eigenvalue weighted by atomic mass is 35.5. The van der Waals surface area contributed by atoms with Crippen molar-refractivity contribution >= 4 is 29.0 Å². The molecule has 3 rings (SSSR count). The number of anilines is 1. The van der Waals surface area contributed by atoms with E-state index in [9.17, 15) is 9.59 Å². The van der Waals surface area contributed by atoms with Gasteiger partial charge in [-0.15, -0.1) is 0 Å². The normalized spacial score (nSPS) is 9.97. The lowest BCUT2D eigenvalue weighted by Crippen LogP contribution is -2.13. The second-order valence-electron chi connectivity index (χ2n) is 7.56. The summed E-state index contributed by atoms with van der Waals surface area (Å²) in [7, 11) is 0. The molecule has 0 unspecified atom stereocenters. The van der Waals surface area contributed by atoms with Crippen molar-refractivity contribution in [1.29, 1.82) is 0 Å². The molecule has 0 aliphatic carbocycles. The molecule has 1 aromatic heterocycles. The second kappa shape index (κ2) is 18.2. The number of para-hydroxylation sites is 1. The third-order valence-corrected chi connectivity index (χ3v) is 4.95. The molecule has 1 heterocycles. The van der Waals surface area contributed by atoms with Gasteiger partial charge in [0.2, 0.25) is 5.78 Å². The molecule has 0 atom stereocenters. The van der Waals surface area contributed by atoms with Crippen molar-refractivity contribution in [2.24, 2.45) is 0 Å². The Labute approximate surface area is 220 Å². The zero-order valence-corrected chi connectivity index (χ0v) is 22.5. The SMILES string of the molecule is CCCC.CCOC(C)OCC.O=C(Nc1ccccc1)c1ccnc(C(=O)c2ccc(Cl)cc2)c1. The highest BCUT2D eigenvalue weighted by Gasteiger charge is 2.14. The van der Waals surface area contributed by atoms with E-state index >= 15 is 0 Å². The molecule has 6 nitrogen and oxygen atoms in total. The van der Waals surface area contributed by atoms with Gasteiger partial charge in [0, 0.05) is 41.2 Å². The summed E-state index contributed by atoms with van der Waals surface area (Å²) in [6.45, 7) is 11.6. The molecule has 0 saturated heterocycles. The van der Waals surface area contributed by atoms with Crippen molar-refractivity contribution in [3.63, 3.8) is 0 Å². The molecule has 0 saturated carbocycles. The van der Waals surface area contributed by atoms with E-state index in [1.54, 1.807) is 42.5 Å². The fourth-order valence-electron chi connectivity index (χ4n) is 2.69. The largest absolute Gasteiger partial charge is 0.353 e. The van der Waals surface area contributed by atoms with Crippen LogP contribution in [0.1, 0.15) is 73.9 Å². The molecule has 1 amide bonds. The van der Waals surface area contributed by atoms with Gasteiger partial charge in [0.1, 0.15) is 5.69 Å². The van der Waals surface area contributed by atoms with E-state index in [1.807, 2.05) is 39.0 Å². The number of ketones is 1. The van der Waals surface area contributed by atoms with Gasteiger partial charge in [-0.1, -0.05) is 56.5 Å². The first kappa shape index (κ1) is 31.0. The summed E-state index contributed by atoms with van der Waals surface area (Å²) in [6, 6.07) is 18.7. The molecular weight excluding hydrogens is 476 g/mol. The standard InChI is InChI=1S/C19H13ClN2O2.C6H14O2.C4H10/c20-15-8-6-13(7-9-15)18(23)17-12-14(10-11-21-17)19(24)22-16-4-2-1-3-5-16;1-4-7-6(3)8-5-2;1-3-4-2/h1-12H,(H,22,24);6H,4-5H2,1-3H3;3-4H2,1-2H3. The molecule has 7 heteroatoms. The van der Waals surface area contributed by atoms with Crippen molar-refractivity contribution in [1.82, 2.24) is 4.98 Å². The zero-order chi connectivity index (χ0) is 26.8. The van der Waals surface area contributed by atoms with Crippen molar-refractivity contribution in [2.45, 2.75) is 53.8 Å². The van der Waals surface area contributed by atoms with Gasteiger partial charge in [0.15, 0.2) is 6.29 Å². The monoisotopic (exact) mass is 512 g/mol. The number of benzene rings is 2. The number of aromatic nitrogens is 1. The number of hydrogen-bond acceptors (Lipinski definition) is 5. The number of nitrogens with one attached hydrogen (secondary N) is 1. The molecule has 1 N–H and O–H groups in total.